The Morgan fingerprint density at radius 3 is 2.26 bits per heavy atom. The van der Waals surface area contributed by atoms with Crippen molar-refractivity contribution in [2.75, 3.05) is 0 Å². The molecule has 3 nitrogen and oxygen atoms in total. The highest BCUT2D eigenvalue weighted by Gasteiger charge is 2.23. The van der Waals surface area contributed by atoms with Crippen molar-refractivity contribution in [3.05, 3.63) is 34.3 Å². The first kappa shape index (κ1) is 15.7. The van der Waals surface area contributed by atoms with Gasteiger partial charge in [-0.05, 0) is 29.9 Å². The average Bonchev–Trinajstić information content (AvgIpc) is 3.11. The number of hydrogen-bond acceptors (Lipinski definition) is 2. The molecule has 104 valence electrons. The van der Waals surface area contributed by atoms with E-state index < -0.39 is 0 Å². The number of carbonyl (C=O) groups excluding carboxylic acids is 1. The maximum atomic E-state index is 10.5. The van der Waals surface area contributed by atoms with Gasteiger partial charge in [0.2, 0.25) is 0 Å². The molecule has 19 heavy (non-hydrogen) atoms. The molecule has 0 amide bonds. The van der Waals surface area contributed by atoms with Crippen molar-refractivity contribution in [3.63, 3.8) is 0 Å². The van der Waals surface area contributed by atoms with Gasteiger partial charge in [-0.1, -0.05) is 44.5 Å². The standard InChI is InChI=1S/C11H13ClO.C4H8N2/c1-11(2,3)9-5-4-8(7-13)6-10(9)12;5-4(6)3-1-2-3/h4-7H,1-3H3;3H,1-2H2,(H3,5,6). The highest BCUT2D eigenvalue weighted by Crippen LogP contribution is 2.29. The van der Waals surface area contributed by atoms with Gasteiger partial charge >= 0.3 is 0 Å². The lowest BCUT2D eigenvalue weighted by Crippen LogP contribution is -2.11. The summed E-state index contributed by atoms with van der Waals surface area (Å²) in [6, 6.07) is 5.40. The molecule has 4 heteroatoms. The fraction of sp³-hybridized carbons (Fsp3) is 0.467. The summed E-state index contributed by atoms with van der Waals surface area (Å²) >= 11 is 6.03. The smallest absolute Gasteiger partial charge is 0.150 e. The lowest BCUT2D eigenvalue weighted by molar-refractivity contribution is 0.112. The average molecular weight is 281 g/mol. The van der Waals surface area contributed by atoms with Gasteiger partial charge in [-0.3, -0.25) is 10.2 Å². The Kier molecular flexibility index (Phi) is 5.12. The summed E-state index contributed by atoms with van der Waals surface area (Å²) in [6.45, 7) is 6.28. The summed E-state index contributed by atoms with van der Waals surface area (Å²) < 4.78 is 0. The van der Waals surface area contributed by atoms with Crippen LogP contribution in [0.15, 0.2) is 18.2 Å². The van der Waals surface area contributed by atoms with Crippen molar-refractivity contribution in [1.82, 2.24) is 0 Å². The SMILES string of the molecule is CC(C)(C)c1ccc(C=O)cc1Cl.N=C(N)C1CC1. The normalized spacial score (nSPS) is 14.3. The molecule has 0 atom stereocenters. The van der Waals surface area contributed by atoms with Crippen LogP contribution in [0.2, 0.25) is 5.02 Å². The minimum atomic E-state index is 0.0263. The third kappa shape index (κ3) is 5.03. The molecule has 0 aliphatic heterocycles. The van der Waals surface area contributed by atoms with Crippen LogP contribution in [0.1, 0.15) is 49.5 Å². The summed E-state index contributed by atoms with van der Waals surface area (Å²) in [5, 5.41) is 7.45. The van der Waals surface area contributed by atoms with Crippen LogP contribution in [0.5, 0.6) is 0 Å². The van der Waals surface area contributed by atoms with E-state index in [0.29, 0.717) is 22.3 Å². The monoisotopic (exact) mass is 280 g/mol. The Labute approximate surface area is 119 Å². The fourth-order valence-electron chi connectivity index (χ4n) is 1.61. The number of nitrogens with two attached hydrogens (primary N) is 1. The van der Waals surface area contributed by atoms with E-state index in [1.54, 1.807) is 12.1 Å². The predicted molar refractivity (Wildman–Crippen MR) is 80.2 cm³/mol. The van der Waals surface area contributed by atoms with Crippen LogP contribution >= 0.6 is 11.6 Å². The maximum absolute atomic E-state index is 10.5. The molecular weight excluding hydrogens is 260 g/mol. The Bertz CT molecular complexity index is 474. The van der Waals surface area contributed by atoms with Crippen LogP contribution in [-0.4, -0.2) is 12.1 Å². The molecule has 1 fully saturated rings. The van der Waals surface area contributed by atoms with Crippen LogP contribution in [0.25, 0.3) is 0 Å². The molecule has 0 saturated heterocycles. The first-order valence-electron chi connectivity index (χ1n) is 6.35. The van der Waals surface area contributed by atoms with Crippen molar-refractivity contribution in [2.24, 2.45) is 11.7 Å². The quantitative estimate of drug-likeness (QED) is 0.492. The summed E-state index contributed by atoms with van der Waals surface area (Å²) in [4.78, 5) is 10.5. The number of nitrogens with one attached hydrogen (secondary N) is 1. The zero-order valence-electron chi connectivity index (χ0n) is 11.7. The van der Waals surface area contributed by atoms with Crippen molar-refractivity contribution in [1.29, 1.82) is 5.41 Å². The minimum absolute atomic E-state index is 0.0263. The summed E-state index contributed by atoms with van der Waals surface area (Å²) in [5.74, 6) is 0.833. The number of rotatable bonds is 2. The molecule has 0 aromatic heterocycles. The van der Waals surface area contributed by atoms with Crippen molar-refractivity contribution < 1.29 is 4.79 Å². The van der Waals surface area contributed by atoms with Gasteiger partial charge in [-0.2, -0.15) is 0 Å². The van der Waals surface area contributed by atoms with E-state index >= 15 is 0 Å². The number of carbonyl (C=O) groups is 1. The van der Waals surface area contributed by atoms with E-state index in [9.17, 15) is 4.79 Å². The molecule has 1 saturated carbocycles. The lowest BCUT2D eigenvalue weighted by Gasteiger charge is -2.20. The number of hydrogen-bond donors (Lipinski definition) is 2. The lowest BCUT2D eigenvalue weighted by atomic mass is 9.86. The van der Waals surface area contributed by atoms with Gasteiger partial charge < -0.3 is 5.73 Å². The molecule has 3 N–H and O–H groups in total. The molecule has 1 aliphatic rings. The van der Waals surface area contributed by atoms with E-state index in [1.165, 1.54) is 0 Å². The van der Waals surface area contributed by atoms with E-state index in [1.807, 2.05) is 6.07 Å². The van der Waals surface area contributed by atoms with Gasteiger partial charge in [0.15, 0.2) is 0 Å². The number of benzene rings is 1. The Morgan fingerprint density at radius 2 is 2.00 bits per heavy atom. The molecule has 2 rings (SSSR count). The van der Waals surface area contributed by atoms with Gasteiger partial charge in [-0.15, -0.1) is 0 Å². The van der Waals surface area contributed by atoms with Crippen LogP contribution in [-0.2, 0) is 5.41 Å². The first-order valence-corrected chi connectivity index (χ1v) is 6.72. The van der Waals surface area contributed by atoms with Gasteiger partial charge in [0.25, 0.3) is 0 Å². The zero-order chi connectivity index (χ0) is 14.6. The van der Waals surface area contributed by atoms with Gasteiger partial charge in [0.05, 0.1) is 5.84 Å². The largest absolute Gasteiger partial charge is 0.387 e. The minimum Gasteiger partial charge on any atom is -0.387 e. The predicted octanol–water partition coefficient (Wildman–Crippen LogP) is 3.78. The zero-order valence-corrected chi connectivity index (χ0v) is 12.4. The van der Waals surface area contributed by atoms with E-state index in [4.69, 9.17) is 22.7 Å². The number of halogens is 1. The summed E-state index contributed by atoms with van der Waals surface area (Å²) in [7, 11) is 0. The molecular formula is C15H21ClN2O. The van der Waals surface area contributed by atoms with Crippen LogP contribution in [0.4, 0.5) is 0 Å². The third-order valence-electron chi connectivity index (χ3n) is 2.95. The number of amidine groups is 1. The van der Waals surface area contributed by atoms with Gasteiger partial charge in [0, 0.05) is 16.5 Å². The second kappa shape index (κ2) is 6.20. The topological polar surface area (TPSA) is 66.9 Å². The summed E-state index contributed by atoms with van der Waals surface area (Å²) in [6.07, 6.45) is 3.10. The molecule has 0 heterocycles. The highest BCUT2D eigenvalue weighted by atomic mass is 35.5. The highest BCUT2D eigenvalue weighted by molar-refractivity contribution is 6.31. The van der Waals surface area contributed by atoms with Crippen LogP contribution < -0.4 is 5.73 Å². The Balaban J connectivity index is 0.000000250. The van der Waals surface area contributed by atoms with Crippen molar-refractivity contribution in [3.8, 4) is 0 Å². The molecule has 0 unspecified atom stereocenters. The van der Waals surface area contributed by atoms with Gasteiger partial charge in [-0.25, -0.2) is 0 Å². The maximum Gasteiger partial charge on any atom is 0.150 e. The Hall–Kier alpha value is -1.35. The second-order valence-electron chi connectivity index (χ2n) is 5.84. The third-order valence-corrected chi connectivity index (χ3v) is 3.27. The second-order valence-corrected chi connectivity index (χ2v) is 6.24. The van der Waals surface area contributed by atoms with Crippen molar-refractivity contribution >= 4 is 23.7 Å². The molecule has 0 radical (unpaired) electrons. The van der Waals surface area contributed by atoms with E-state index in [0.717, 1.165) is 24.7 Å². The number of aldehydes is 1. The molecule has 0 bridgehead atoms. The molecule has 0 spiro atoms. The summed E-state index contributed by atoms with van der Waals surface area (Å²) in [5.41, 5.74) is 6.80. The van der Waals surface area contributed by atoms with E-state index in [-0.39, 0.29) is 5.41 Å². The van der Waals surface area contributed by atoms with Crippen molar-refractivity contribution in [2.45, 2.75) is 39.0 Å². The van der Waals surface area contributed by atoms with Crippen LogP contribution in [0.3, 0.4) is 0 Å². The Morgan fingerprint density at radius 1 is 1.42 bits per heavy atom. The van der Waals surface area contributed by atoms with E-state index in [2.05, 4.69) is 20.8 Å². The molecule has 1 aliphatic carbocycles. The van der Waals surface area contributed by atoms with Gasteiger partial charge in [0.1, 0.15) is 6.29 Å². The fourth-order valence-corrected chi connectivity index (χ4v) is 2.08. The molecule has 1 aromatic carbocycles. The first-order chi connectivity index (χ1) is 8.75. The van der Waals surface area contributed by atoms with Crippen LogP contribution in [0, 0.1) is 11.3 Å². The molecule has 1 aromatic rings.